The van der Waals surface area contributed by atoms with Gasteiger partial charge in [0.25, 0.3) is 11.8 Å². The molecule has 0 bridgehead atoms. The molecule has 7 nitrogen and oxygen atoms in total. The molecule has 0 saturated heterocycles. The quantitative estimate of drug-likeness (QED) is 0.870. The van der Waals surface area contributed by atoms with Crippen LogP contribution in [0, 0.1) is 0 Å². The predicted molar refractivity (Wildman–Crippen MR) is 99.9 cm³/mol. The van der Waals surface area contributed by atoms with E-state index in [1.54, 1.807) is 38.3 Å². The van der Waals surface area contributed by atoms with Gasteiger partial charge in [0.2, 0.25) is 0 Å². The summed E-state index contributed by atoms with van der Waals surface area (Å²) in [6.07, 6.45) is 0.244. The molecule has 2 aromatic rings. The topological polar surface area (TPSA) is 85.9 Å². The highest BCUT2D eigenvalue weighted by molar-refractivity contribution is 6.06. The van der Waals surface area contributed by atoms with E-state index in [1.807, 2.05) is 13.0 Å². The SMILES string of the molecule is COc1cc(C(=O)Nc2ccc3c(c2)NC(=O)[C@@H](C)O3)cc2c1O[C@H](C)C2. The first-order chi connectivity index (χ1) is 12.9. The standard InChI is InChI=1S/C20H20N2O5/c1-10-6-12-7-13(8-17(25-3)18(12)26-10)20(24)21-14-4-5-16-15(9-14)22-19(23)11(2)27-16/h4-5,7-11H,6H2,1-3H3,(H,21,24)(H,22,23)/t10-,11-/m1/s1. The Labute approximate surface area is 156 Å². The van der Waals surface area contributed by atoms with E-state index in [0.29, 0.717) is 34.2 Å². The first kappa shape index (κ1) is 17.2. The van der Waals surface area contributed by atoms with Crippen molar-refractivity contribution in [3.8, 4) is 17.2 Å². The Hall–Kier alpha value is -3.22. The molecule has 0 aliphatic carbocycles. The lowest BCUT2D eigenvalue weighted by Crippen LogP contribution is -2.34. The fourth-order valence-corrected chi connectivity index (χ4v) is 3.27. The number of amides is 2. The Balaban J connectivity index is 1.58. The Morgan fingerprint density at radius 2 is 2.04 bits per heavy atom. The van der Waals surface area contributed by atoms with Gasteiger partial charge in [0.1, 0.15) is 11.9 Å². The molecule has 2 N–H and O–H groups in total. The van der Waals surface area contributed by atoms with E-state index in [2.05, 4.69) is 10.6 Å². The molecule has 2 atom stereocenters. The fraction of sp³-hybridized carbons (Fsp3) is 0.300. The molecule has 0 saturated carbocycles. The van der Waals surface area contributed by atoms with Crippen LogP contribution in [0.1, 0.15) is 29.8 Å². The van der Waals surface area contributed by atoms with Gasteiger partial charge in [-0.2, -0.15) is 0 Å². The lowest BCUT2D eigenvalue weighted by Gasteiger charge is -2.23. The van der Waals surface area contributed by atoms with Gasteiger partial charge in [0, 0.05) is 23.2 Å². The third kappa shape index (κ3) is 3.16. The summed E-state index contributed by atoms with van der Waals surface area (Å²) in [7, 11) is 1.55. The van der Waals surface area contributed by atoms with Gasteiger partial charge in [-0.25, -0.2) is 0 Å². The van der Waals surface area contributed by atoms with E-state index < -0.39 is 6.10 Å². The number of rotatable bonds is 3. The second kappa shape index (κ2) is 6.50. The van der Waals surface area contributed by atoms with Crippen LogP contribution in [-0.4, -0.2) is 31.1 Å². The molecule has 4 rings (SSSR count). The van der Waals surface area contributed by atoms with Crippen molar-refractivity contribution in [2.45, 2.75) is 32.5 Å². The van der Waals surface area contributed by atoms with Crippen LogP contribution in [0.4, 0.5) is 11.4 Å². The average Bonchev–Trinajstić information content (AvgIpc) is 3.02. The lowest BCUT2D eigenvalue weighted by molar-refractivity contribution is -0.122. The molecule has 0 radical (unpaired) electrons. The minimum absolute atomic E-state index is 0.0545. The van der Waals surface area contributed by atoms with Crippen LogP contribution in [0.5, 0.6) is 17.2 Å². The molecule has 0 fully saturated rings. The Bertz CT molecular complexity index is 940. The van der Waals surface area contributed by atoms with Crippen LogP contribution in [0.2, 0.25) is 0 Å². The summed E-state index contributed by atoms with van der Waals surface area (Å²) in [6.45, 7) is 3.66. The molecule has 2 aliphatic heterocycles. The Kier molecular flexibility index (Phi) is 4.14. The predicted octanol–water partition coefficient (Wildman–Crippen LogP) is 2.99. The number of hydrogen-bond donors (Lipinski definition) is 2. The first-order valence-corrected chi connectivity index (χ1v) is 8.75. The third-order valence-electron chi connectivity index (χ3n) is 4.61. The van der Waals surface area contributed by atoms with E-state index in [4.69, 9.17) is 14.2 Å². The van der Waals surface area contributed by atoms with Crippen molar-refractivity contribution in [1.29, 1.82) is 0 Å². The van der Waals surface area contributed by atoms with Gasteiger partial charge < -0.3 is 24.8 Å². The van der Waals surface area contributed by atoms with E-state index in [1.165, 1.54) is 0 Å². The maximum Gasteiger partial charge on any atom is 0.265 e. The van der Waals surface area contributed by atoms with Crippen molar-refractivity contribution in [2.24, 2.45) is 0 Å². The number of fused-ring (bicyclic) bond motifs is 2. The summed E-state index contributed by atoms with van der Waals surface area (Å²) in [6, 6.07) is 8.61. The highest BCUT2D eigenvalue weighted by atomic mass is 16.5. The maximum atomic E-state index is 12.7. The molecule has 7 heteroatoms. The third-order valence-corrected chi connectivity index (χ3v) is 4.61. The molecule has 27 heavy (non-hydrogen) atoms. The average molecular weight is 368 g/mol. The van der Waals surface area contributed by atoms with Crippen LogP contribution in [-0.2, 0) is 11.2 Å². The molecule has 0 aromatic heterocycles. The van der Waals surface area contributed by atoms with E-state index >= 15 is 0 Å². The lowest BCUT2D eigenvalue weighted by atomic mass is 10.1. The van der Waals surface area contributed by atoms with Crippen molar-refractivity contribution in [2.75, 3.05) is 17.7 Å². The molecular weight excluding hydrogens is 348 g/mol. The number of carbonyl (C=O) groups excluding carboxylic acids is 2. The number of carbonyl (C=O) groups is 2. The van der Waals surface area contributed by atoms with Gasteiger partial charge in [0.15, 0.2) is 17.6 Å². The maximum absolute atomic E-state index is 12.7. The summed E-state index contributed by atoms with van der Waals surface area (Å²) in [5, 5.41) is 5.61. The highest BCUT2D eigenvalue weighted by Crippen LogP contribution is 2.39. The van der Waals surface area contributed by atoms with E-state index in [9.17, 15) is 9.59 Å². The number of methoxy groups -OCH3 is 1. The fourth-order valence-electron chi connectivity index (χ4n) is 3.27. The Morgan fingerprint density at radius 3 is 2.81 bits per heavy atom. The van der Waals surface area contributed by atoms with Gasteiger partial charge in [-0.1, -0.05) is 0 Å². The van der Waals surface area contributed by atoms with Gasteiger partial charge in [-0.3, -0.25) is 9.59 Å². The van der Waals surface area contributed by atoms with E-state index in [0.717, 1.165) is 12.0 Å². The molecule has 0 unspecified atom stereocenters. The minimum atomic E-state index is -0.540. The molecule has 2 heterocycles. The van der Waals surface area contributed by atoms with Crippen molar-refractivity contribution in [1.82, 2.24) is 0 Å². The van der Waals surface area contributed by atoms with Gasteiger partial charge in [0.05, 0.1) is 12.8 Å². The largest absolute Gasteiger partial charge is 0.493 e. The van der Waals surface area contributed by atoms with Crippen molar-refractivity contribution in [3.05, 3.63) is 41.5 Å². The molecule has 2 amide bonds. The van der Waals surface area contributed by atoms with Crippen LogP contribution in [0.25, 0.3) is 0 Å². The van der Waals surface area contributed by atoms with Gasteiger partial charge >= 0.3 is 0 Å². The molecular formula is C20H20N2O5. The summed E-state index contributed by atoms with van der Waals surface area (Å²) in [5.74, 6) is 1.33. The van der Waals surface area contributed by atoms with Gasteiger partial charge in [-0.15, -0.1) is 0 Å². The summed E-state index contributed by atoms with van der Waals surface area (Å²) in [4.78, 5) is 24.5. The van der Waals surface area contributed by atoms with Crippen LogP contribution in [0.15, 0.2) is 30.3 Å². The Morgan fingerprint density at radius 1 is 1.22 bits per heavy atom. The smallest absolute Gasteiger partial charge is 0.265 e. The summed E-state index contributed by atoms with van der Waals surface area (Å²) < 4.78 is 16.6. The monoisotopic (exact) mass is 368 g/mol. The van der Waals surface area contributed by atoms with Gasteiger partial charge in [-0.05, 0) is 44.2 Å². The molecule has 2 aromatic carbocycles. The number of nitrogens with one attached hydrogen (secondary N) is 2. The van der Waals surface area contributed by atoms with Crippen LogP contribution >= 0.6 is 0 Å². The number of ether oxygens (including phenoxy) is 3. The van der Waals surface area contributed by atoms with Crippen molar-refractivity contribution in [3.63, 3.8) is 0 Å². The highest BCUT2D eigenvalue weighted by Gasteiger charge is 2.26. The second-order valence-electron chi connectivity index (χ2n) is 6.71. The minimum Gasteiger partial charge on any atom is -0.493 e. The summed E-state index contributed by atoms with van der Waals surface area (Å²) in [5.41, 5.74) is 2.52. The zero-order valence-corrected chi connectivity index (χ0v) is 15.3. The van der Waals surface area contributed by atoms with Crippen LogP contribution < -0.4 is 24.8 Å². The zero-order valence-electron chi connectivity index (χ0n) is 15.3. The molecule has 140 valence electrons. The normalized spacial score (nSPS) is 19.9. The molecule has 0 spiro atoms. The molecule has 2 aliphatic rings. The number of anilines is 2. The van der Waals surface area contributed by atoms with Crippen LogP contribution in [0.3, 0.4) is 0 Å². The zero-order chi connectivity index (χ0) is 19.1. The second-order valence-corrected chi connectivity index (χ2v) is 6.71. The van der Waals surface area contributed by atoms with Crippen molar-refractivity contribution < 1.29 is 23.8 Å². The summed E-state index contributed by atoms with van der Waals surface area (Å²) >= 11 is 0. The first-order valence-electron chi connectivity index (χ1n) is 8.75. The number of benzene rings is 2. The number of hydrogen-bond acceptors (Lipinski definition) is 5. The van der Waals surface area contributed by atoms with E-state index in [-0.39, 0.29) is 17.9 Å². The van der Waals surface area contributed by atoms with Crippen molar-refractivity contribution >= 4 is 23.2 Å².